The number of hydrogen-bond acceptors (Lipinski definition) is 4. The Morgan fingerprint density at radius 1 is 1.17 bits per heavy atom. The SMILES string of the molecule is NC(=O)c1cc2c(-c3ccccc3OC(F)(F)F)cncc2s1. The van der Waals surface area contributed by atoms with Crippen LogP contribution >= 0.6 is 11.3 Å². The van der Waals surface area contributed by atoms with Crippen LogP contribution in [0.25, 0.3) is 21.2 Å². The van der Waals surface area contributed by atoms with Crippen molar-refractivity contribution in [3.63, 3.8) is 0 Å². The summed E-state index contributed by atoms with van der Waals surface area (Å²) >= 11 is 1.13. The van der Waals surface area contributed by atoms with Gasteiger partial charge in [-0.05, 0) is 12.1 Å². The second-order valence-electron chi connectivity index (χ2n) is 4.62. The maximum absolute atomic E-state index is 12.6. The molecule has 118 valence electrons. The number of nitrogens with two attached hydrogens (primary N) is 1. The minimum atomic E-state index is -4.80. The number of amides is 1. The maximum atomic E-state index is 12.6. The molecule has 0 spiro atoms. The summed E-state index contributed by atoms with van der Waals surface area (Å²) in [5, 5.41) is 0.594. The monoisotopic (exact) mass is 338 g/mol. The van der Waals surface area contributed by atoms with Crippen LogP contribution in [0.15, 0.2) is 42.7 Å². The number of halogens is 3. The normalized spacial score (nSPS) is 11.6. The van der Waals surface area contributed by atoms with E-state index in [2.05, 4.69) is 9.72 Å². The Balaban J connectivity index is 2.19. The van der Waals surface area contributed by atoms with Gasteiger partial charge in [0.15, 0.2) is 0 Å². The lowest BCUT2D eigenvalue weighted by Gasteiger charge is -2.13. The first-order chi connectivity index (χ1) is 10.8. The third kappa shape index (κ3) is 3.11. The largest absolute Gasteiger partial charge is 0.573 e. The van der Waals surface area contributed by atoms with E-state index in [1.807, 2.05) is 0 Å². The molecule has 0 saturated carbocycles. The summed E-state index contributed by atoms with van der Waals surface area (Å²) < 4.78 is 42.4. The lowest BCUT2D eigenvalue weighted by atomic mass is 10.0. The van der Waals surface area contributed by atoms with Crippen molar-refractivity contribution in [3.8, 4) is 16.9 Å². The summed E-state index contributed by atoms with van der Waals surface area (Å²) in [4.78, 5) is 15.6. The molecule has 2 heterocycles. The fourth-order valence-electron chi connectivity index (χ4n) is 2.20. The van der Waals surface area contributed by atoms with Gasteiger partial charge in [-0.1, -0.05) is 18.2 Å². The van der Waals surface area contributed by atoms with E-state index >= 15 is 0 Å². The van der Waals surface area contributed by atoms with Crippen LogP contribution in [-0.2, 0) is 0 Å². The zero-order valence-corrected chi connectivity index (χ0v) is 12.2. The molecule has 0 bridgehead atoms. The van der Waals surface area contributed by atoms with Gasteiger partial charge in [0.1, 0.15) is 5.75 Å². The van der Waals surface area contributed by atoms with Gasteiger partial charge in [0, 0.05) is 28.9 Å². The number of rotatable bonds is 3. The van der Waals surface area contributed by atoms with Gasteiger partial charge in [-0.15, -0.1) is 24.5 Å². The van der Waals surface area contributed by atoms with Crippen LogP contribution in [0.2, 0.25) is 0 Å². The molecule has 0 aliphatic heterocycles. The Morgan fingerprint density at radius 2 is 1.91 bits per heavy atom. The zero-order chi connectivity index (χ0) is 16.6. The number of carbonyl (C=O) groups is 1. The zero-order valence-electron chi connectivity index (χ0n) is 11.4. The van der Waals surface area contributed by atoms with Crippen molar-refractivity contribution in [2.75, 3.05) is 0 Å². The van der Waals surface area contributed by atoms with Crippen molar-refractivity contribution in [2.24, 2.45) is 5.73 Å². The Kier molecular flexibility index (Phi) is 3.69. The van der Waals surface area contributed by atoms with Crippen LogP contribution in [0, 0.1) is 0 Å². The number of hydrogen-bond donors (Lipinski definition) is 1. The van der Waals surface area contributed by atoms with E-state index in [1.54, 1.807) is 12.1 Å². The molecule has 0 unspecified atom stereocenters. The van der Waals surface area contributed by atoms with Crippen molar-refractivity contribution < 1.29 is 22.7 Å². The summed E-state index contributed by atoms with van der Waals surface area (Å²) in [6, 6.07) is 7.31. The molecule has 4 nitrogen and oxygen atoms in total. The summed E-state index contributed by atoms with van der Waals surface area (Å²) in [5.41, 5.74) is 5.93. The fourth-order valence-corrected chi connectivity index (χ4v) is 3.11. The van der Waals surface area contributed by atoms with E-state index in [-0.39, 0.29) is 11.3 Å². The highest BCUT2D eigenvalue weighted by atomic mass is 32.1. The first kappa shape index (κ1) is 15.3. The van der Waals surface area contributed by atoms with Gasteiger partial charge in [-0.2, -0.15) is 0 Å². The van der Waals surface area contributed by atoms with Gasteiger partial charge >= 0.3 is 6.36 Å². The van der Waals surface area contributed by atoms with E-state index in [9.17, 15) is 18.0 Å². The first-order valence-electron chi connectivity index (χ1n) is 6.37. The lowest BCUT2D eigenvalue weighted by Crippen LogP contribution is -2.17. The Morgan fingerprint density at radius 3 is 2.61 bits per heavy atom. The number of primary amides is 1. The molecule has 0 radical (unpaired) electrons. The molecule has 0 fully saturated rings. The highest BCUT2D eigenvalue weighted by Crippen LogP contribution is 2.39. The number of para-hydroxylation sites is 1. The number of nitrogens with zero attached hydrogens (tertiary/aromatic N) is 1. The van der Waals surface area contributed by atoms with Crippen LogP contribution in [-0.4, -0.2) is 17.3 Å². The average molecular weight is 338 g/mol. The van der Waals surface area contributed by atoms with E-state index in [1.165, 1.54) is 30.6 Å². The van der Waals surface area contributed by atoms with Gasteiger partial charge in [-0.3, -0.25) is 9.78 Å². The van der Waals surface area contributed by atoms with Crippen molar-refractivity contribution in [1.82, 2.24) is 4.98 Å². The molecule has 0 aliphatic rings. The van der Waals surface area contributed by atoms with Gasteiger partial charge in [0.25, 0.3) is 5.91 Å². The fraction of sp³-hybridized carbons (Fsp3) is 0.0667. The van der Waals surface area contributed by atoms with Crippen LogP contribution in [0.4, 0.5) is 13.2 Å². The molecule has 0 aliphatic carbocycles. The van der Waals surface area contributed by atoms with Crippen molar-refractivity contribution in [1.29, 1.82) is 0 Å². The molecule has 1 amide bonds. The molecule has 2 aromatic heterocycles. The molecule has 0 saturated heterocycles. The van der Waals surface area contributed by atoms with Gasteiger partial charge in [0.2, 0.25) is 0 Å². The number of carbonyl (C=O) groups excluding carboxylic acids is 1. The predicted molar refractivity (Wildman–Crippen MR) is 80.3 cm³/mol. The molecule has 2 N–H and O–H groups in total. The molecular formula is C15H9F3N2O2S. The van der Waals surface area contributed by atoms with Crippen LogP contribution in [0.5, 0.6) is 5.75 Å². The summed E-state index contributed by atoms with van der Waals surface area (Å²) in [5.74, 6) is -0.932. The third-order valence-corrected chi connectivity index (χ3v) is 4.18. The van der Waals surface area contributed by atoms with Gasteiger partial charge < -0.3 is 10.5 Å². The van der Waals surface area contributed by atoms with Crippen molar-refractivity contribution in [3.05, 3.63) is 47.6 Å². The summed E-state index contributed by atoms with van der Waals surface area (Å²) in [6.45, 7) is 0. The molecule has 1 aromatic carbocycles. The Hall–Kier alpha value is -2.61. The number of benzene rings is 1. The quantitative estimate of drug-likeness (QED) is 0.786. The number of thiophene rings is 1. The molecular weight excluding hydrogens is 329 g/mol. The molecule has 3 aromatic rings. The van der Waals surface area contributed by atoms with E-state index in [4.69, 9.17) is 5.73 Å². The average Bonchev–Trinajstić information content (AvgIpc) is 2.90. The minimum absolute atomic E-state index is 0.233. The van der Waals surface area contributed by atoms with E-state index in [0.717, 1.165) is 11.3 Å². The lowest BCUT2D eigenvalue weighted by molar-refractivity contribution is -0.274. The molecule has 23 heavy (non-hydrogen) atoms. The second kappa shape index (κ2) is 5.54. The smallest absolute Gasteiger partial charge is 0.405 e. The number of fused-ring (bicyclic) bond motifs is 1. The first-order valence-corrected chi connectivity index (χ1v) is 7.19. The van der Waals surface area contributed by atoms with Crippen molar-refractivity contribution >= 4 is 27.3 Å². The Labute approximate surface area is 132 Å². The standard InChI is InChI=1S/C15H9F3N2O2S/c16-15(17,18)22-11-4-2-1-3-8(11)10-6-20-7-13-9(10)5-12(23-13)14(19)21/h1-7H,(H2,19,21). The number of aromatic nitrogens is 1. The predicted octanol–water partition coefficient (Wildman–Crippen LogP) is 3.96. The van der Waals surface area contributed by atoms with Gasteiger partial charge in [-0.25, -0.2) is 0 Å². The second-order valence-corrected chi connectivity index (χ2v) is 5.70. The Bertz CT molecular complexity index is 890. The van der Waals surface area contributed by atoms with Crippen LogP contribution < -0.4 is 10.5 Å². The highest BCUT2D eigenvalue weighted by molar-refractivity contribution is 7.20. The van der Waals surface area contributed by atoms with Gasteiger partial charge in [0.05, 0.1) is 9.58 Å². The van der Waals surface area contributed by atoms with Crippen LogP contribution in [0.1, 0.15) is 9.67 Å². The molecule has 8 heteroatoms. The minimum Gasteiger partial charge on any atom is -0.405 e. The number of pyridine rings is 1. The molecule has 3 rings (SSSR count). The van der Waals surface area contributed by atoms with E-state index < -0.39 is 12.3 Å². The highest BCUT2D eigenvalue weighted by Gasteiger charge is 2.32. The third-order valence-electron chi connectivity index (χ3n) is 3.09. The van der Waals surface area contributed by atoms with Crippen molar-refractivity contribution in [2.45, 2.75) is 6.36 Å². The topological polar surface area (TPSA) is 65.2 Å². The summed E-state index contributed by atoms with van der Waals surface area (Å²) in [6.07, 6.45) is -1.84. The molecule has 0 atom stereocenters. The summed E-state index contributed by atoms with van der Waals surface area (Å²) in [7, 11) is 0. The number of ether oxygens (including phenoxy) is 1. The van der Waals surface area contributed by atoms with E-state index in [0.29, 0.717) is 20.5 Å². The van der Waals surface area contributed by atoms with Crippen LogP contribution in [0.3, 0.4) is 0 Å². The maximum Gasteiger partial charge on any atom is 0.573 e. The number of alkyl halides is 3.